The van der Waals surface area contributed by atoms with Crippen molar-refractivity contribution >= 4 is 17.8 Å². The molecule has 6 heteroatoms. The lowest BCUT2D eigenvalue weighted by Gasteiger charge is -2.29. The molecule has 2 fully saturated rings. The molecule has 2 atom stereocenters. The molecule has 1 saturated heterocycles. The van der Waals surface area contributed by atoms with E-state index in [1.165, 1.54) is 12.0 Å². The minimum absolute atomic E-state index is 0.0405. The number of aryl methyl sites for hydroxylation is 1. The van der Waals surface area contributed by atoms with Gasteiger partial charge in [0.1, 0.15) is 11.6 Å². The first-order chi connectivity index (χ1) is 13.9. The summed E-state index contributed by atoms with van der Waals surface area (Å²) >= 11 is 0. The van der Waals surface area contributed by atoms with E-state index in [0.29, 0.717) is 12.8 Å². The minimum atomic E-state index is -0.815. The van der Waals surface area contributed by atoms with E-state index in [4.69, 9.17) is 0 Å². The highest BCUT2D eigenvalue weighted by molar-refractivity contribution is 6.09. The van der Waals surface area contributed by atoms with Gasteiger partial charge in [-0.3, -0.25) is 9.59 Å². The van der Waals surface area contributed by atoms with E-state index in [1.807, 2.05) is 25.1 Å². The molecule has 1 aromatic carbocycles. The van der Waals surface area contributed by atoms with Gasteiger partial charge in [-0.1, -0.05) is 62.4 Å². The molecule has 1 saturated carbocycles. The molecule has 0 aromatic heterocycles. The molecule has 2 N–H and O–H groups in total. The molecule has 1 heterocycles. The van der Waals surface area contributed by atoms with E-state index in [9.17, 15) is 14.4 Å². The number of hydrogen-bond donors (Lipinski definition) is 2. The van der Waals surface area contributed by atoms with Crippen LogP contribution in [0.15, 0.2) is 30.3 Å². The van der Waals surface area contributed by atoms with Gasteiger partial charge in [-0.25, -0.2) is 9.69 Å². The normalized spacial score (nSPS) is 21.2. The number of carbonyl (C=O) groups excluding carboxylic acids is 3. The van der Waals surface area contributed by atoms with Gasteiger partial charge in [-0.2, -0.15) is 0 Å². The van der Waals surface area contributed by atoms with Gasteiger partial charge in [0.25, 0.3) is 5.91 Å². The van der Waals surface area contributed by atoms with E-state index in [-0.39, 0.29) is 17.9 Å². The summed E-state index contributed by atoms with van der Waals surface area (Å²) in [4.78, 5) is 39.7. The summed E-state index contributed by atoms with van der Waals surface area (Å²) < 4.78 is 0. The molecule has 2 aliphatic rings. The number of urea groups is 1. The maximum atomic E-state index is 13.2. The van der Waals surface area contributed by atoms with E-state index in [1.54, 1.807) is 6.92 Å². The van der Waals surface area contributed by atoms with Crippen LogP contribution in [-0.2, 0) is 16.0 Å². The fraction of sp³-hybridized carbons (Fsp3) is 0.609. The van der Waals surface area contributed by atoms with Crippen LogP contribution in [-0.4, -0.2) is 40.4 Å². The smallest absolute Gasteiger partial charge is 0.325 e. The third kappa shape index (κ3) is 4.98. The Morgan fingerprint density at radius 1 is 1.07 bits per heavy atom. The number of amides is 4. The molecule has 2 unspecified atom stereocenters. The van der Waals surface area contributed by atoms with Crippen molar-refractivity contribution in [3.63, 3.8) is 0 Å². The molecule has 1 aliphatic heterocycles. The number of nitrogens with one attached hydrogen (secondary N) is 2. The van der Waals surface area contributed by atoms with Crippen LogP contribution in [0.3, 0.4) is 0 Å². The van der Waals surface area contributed by atoms with Gasteiger partial charge in [-0.15, -0.1) is 0 Å². The van der Waals surface area contributed by atoms with Gasteiger partial charge in [0, 0.05) is 6.04 Å². The first-order valence-corrected chi connectivity index (χ1v) is 10.9. The van der Waals surface area contributed by atoms with Crippen molar-refractivity contribution in [2.24, 2.45) is 0 Å². The summed E-state index contributed by atoms with van der Waals surface area (Å²) in [6.07, 6.45) is 8.19. The Morgan fingerprint density at radius 2 is 1.69 bits per heavy atom. The van der Waals surface area contributed by atoms with Gasteiger partial charge in [0.2, 0.25) is 5.91 Å². The highest BCUT2D eigenvalue weighted by Crippen LogP contribution is 2.33. The van der Waals surface area contributed by atoms with Crippen LogP contribution in [0, 0.1) is 0 Å². The van der Waals surface area contributed by atoms with Crippen LogP contribution in [0.25, 0.3) is 0 Å². The minimum Gasteiger partial charge on any atom is -0.352 e. The number of rotatable bonds is 6. The topological polar surface area (TPSA) is 78.5 Å². The fourth-order valence-corrected chi connectivity index (χ4v) is 4.42. The fourth-order valence-electron chi connectivity index (χ4n) is 4.42. The first kappa shape index (κ1) is 21.3. The summed E-state index contributed by atoms with van der Waals surface area (Å²) in [6, 6.07) is 8.84. The second-order valence-electron chi connectivity index (χ2n) is 8.57. The van der Waals surface area contributed by atoms with Crippen LogP contribution in [0.4, 0.5) is 4.79 Å². The van der Waals surface area contributed by atoms with Crippen molar-refractivity contribution in [1.82, 2.24) is 15.5 Å². The molecule has 158 valence electrons. The number of hydrogen-bond acceptors (Lipinski definition) is 3. The van der Waals surface area contributed by atoms with Crippen LogP contribution in [0.1, 0.15) is 70.8 Å². The number of carbonyl (C=O) groups is 3. The Bertz CT molecular complexity index is 726. The average Bonchev–Trinajstić information content (AvgIpc) is 2.94. The molecule has 29 heavy (non-hydrogen) atoms. The Morgan fingerprint density at radius 3 is 2.34 bits per heavy atom. The zero-order valence-corrected chi connectivity index (χ0v) is 17.6. The van der Waals surface area contributed by atoms with Gasteiger partial charge in [-0.05, 0) is 45.1 Å². The van der Waals surface area contributed by atoms with Gasteiger partial charge >= 0.3 is 6.03 Å². The average molecular weight is 400 g/mol. The van der Waals surface area contributed by atoms with E-state index in [0.717, 1.165) is 43.4 Å². The lowest BCUT2D eigenvalue weighted by atomic mass is 9.84. The summed E-state index contributed by atoms with van der Waals surface area (Å²) in [6.45, 7) is 3.59. The largest absolute Gasteiger partial charge is 0.352 e. The molecular weight excluding hydrogens is 366 g/mol. The van der Waals surface area contributed by atoms with E-state index in [2.05, 4.69) is 22.8 Å². The Kier molecular flexibility index (Phi) is 6.93. The maximum absolute atomic E-state index is 13.2. The molecule has 1 spiro atoms. The Labute approximate surface area is 173 Å². The molecule has 6 nitrogen and oxygen atoms in total. The highest BCUT2D eigenvalue weighted by atomic mass is 16.2. The quantitative estimate of drug-likeness (QED) is 0.718. The molecule has 1 aliphatic carbocycles. The number of nitrogens with zero attached hydrogens (tertiary/aromatic N) is 1. The molecule has 0 radical (unpaired) electrons. The van der Waals surface area contributed by atoms with Crippen molar-refractivity contribution in [3.8, 4) is 0 Å². The van der Waals surface area contributed by atoms with Crippen molar-refractivity contribution in [2.75, 3.05) is 0 Å². The van der Waals surface area contributed by atoms with Gasteiger partial charge in [0.05, 0.1) is 0 Å². The second-order valence-corrected chi connectivity index (χ2v) is 8.57. The lowest BCUT2D eigenvalue weighted by molar-refractivity contribution is -0.138. The second kappa shape index (κ2) is 9.42. The van der Waals surface area contributed by atoms with Gasteiger partial charge < -0.3 is 10.6 Å². The Balaban J connectivity index is 1.58. The Hall–Kier alpha value is -2.37. The third-order valence-corrected chi connectivity index (χ3v) is 6.26. The van der Waals surface area contributed by atoms with Crippen LogP contribution >= 0.6 is 0 Å². The summed E-state index contributed by atoms with van der Waals surface area (Å²) in [5, 5.41) is 5.90. The molecule has 3 rings (SSSR count). The van der Waals surface area contributed by atoms with Gasteiger partial charge in [0.15, 0.2) is 0 Å². The first-order valence-electron chi connectivity index (χ1n) is 10.9. The van der Waals surface area contributed by atoms with Crippen LogP contribution in [0.2, 0.25) is 0 Å². The van der Waals surface area contributed by atoms with Crippen molar-refractivity contribution < 1.29 is 14.4 Å². The third-order valence-electron chi connectivity index (χ3n) is 6.26. The number of imide groups is 1. The van der Waals surface area contributed by atoms with Crippen molar-refractivity contribution in [1.29, 1.82) is 0 Å². The zero-order valence-electron chi connectivity index (χ0n) is 17.6. The zero-order chi connectivity index (χ0) is 20.9. The maximum Gasteiger partial charge on any atom is 0.325 e. The molecular formula is C23H33N3O3. The van der Waals surface area contributed by atoms with Crippen molar-refractivity contribution in [2.45, 2.75) is 89.3 Å². The highest BCUT2D eigenvalue weighted by Gasteiger charge is 2.52. The van der Waals surface area contributed by atoms with E-state index < -0.39 is 17.6 Å². The molecule has 4 amide bonds. The predicted molar refractivity (Wildman–Crippen MR) is 112 cm³/mol. The lowest BCUT2D eigenvalue weighted by Crippen LogP contribution is -2.52. The predicted octanol–water partition coefficient (Wildman–Crippen LogP) is 3.55. The summed E-state index contributed by atoms with van der Waals surface area (Å²) in [5.41, 5.74) is 0.410. The molecule has 0 bridgehead atoms. The number of benzene rings is 1. The summed E-state index contributed by atoms with van der Waals surface area (Å²) in [7, 11) is 0. The van der Waals surface area contributed by atoms with Crippen LogP contribution in [0.5, 0.6) is 0 Å². The monoisotopic (exact) mass is 399 g/mol. The molecule has 1 aromatic rings. The standard InChI is InChI=1S/C23H33N3O3/c1-17(13-14-19-11-7-6-8-12-19)24-20(27)18(2)26-21(28)23(25-22(26)29)15-9-4-3-5-10-16-23/h6-8,11-12,17-18H,3-5,9-10,13-16H2,1-2H3,(H,24,27)(H,25,29). The summed E-state index contributed by atoms with van der Waals surface area (Å²) in [5.74, 6) is -0.513. The van der Waals surface area contributed by atoms with Crippen LogP contribution < -0.4 is 10.6 Å². The van der Waals surface area contributed by atoms with Crippen molar-refractivity contribution in [3.05, 3.63) is 35.9 Å². The van der Waals surface area contributed by atoms with E-state index >= 15 is 0 Å². The SMILES string of the molecule is CC(CCc1ccccc1)NC(=O)C(C)N1C(=O)NC2(CCCCCCC2)C1=O.